The number of imide groups is 3. The summed E-state index contributed by atoms with van der Waals surface area (Å²) >= 11 is 0. The Labute approximate surface area is 534 Å². The van der Waals surface area contributed by atoms with Crippen LogP contribution in [0.3, 0.4) is 0 Å². The van der Waals surface area contributed by atoms with Crippen LogP contribution in [0.15, 0.2) is 35.7 Å². The van der Waals surface area contributed by atoms with Gasteiger partial charge in [-0.15, -0.1) is 15.3 Å². The third-order valence-electron chi connectivity index (χ3n) is 12.1. The molecule has 0 aliphatic rings. The fraction of sp³-hybridized carbons (Fsp3) is 0.600. The summed E-state index contributed by atoms with van der Waals surface area (Å²) in [5, 5.41) is 28.4. The second-order valence-electron chi connectivity index (χ2n) is 19.7. The number of rotatable bonds is 49. The molecule has 0 spiro atoms. The van der Waals surface area contributed by atoms with Gasteiger partial charge in [-0.3, -0.25) is 62.7 Å². The van der Waals surface area contributed by atoms with Crippen molar-refractivity contribution in [2.75, 3.05) is 112 Å². The number of hydroxylamine groups is 6. The molecule has 4 rings (SSSR count). The SMILES string of the molecule is CC(=O)N(OCc1cn(CCOCCOCCOc2cc(C(=O)NCC(=O)CC(CCCN=C(N)N)C(N)=O)cc(OCCOCCOCCn3cc(CON(C(C)=O)C(C)=O)nn3)c2OCCOCCOCCn2cc(CON(C(C)=O)C(C)=O)nn2)nn1)C(C)=O. The lowest BCUT2D eigenvalue weighted by atomic mass is 9.96. The van der Waals surface area contributed by atoms with Crippen LogP contribution < -0.4 is 36.7 Å². The minimum absolute atomic E-state index is 0.00572. The number of nitrogens with zero attached hydrogens (tertiary/aromatic N) is 13. The quantitative estimate of drug-likeness (QED) is 0.0163. The molecule has 93 heavy (non-hydrogen) atoms. The van der Waals surface area contributed by atoms with E-state index in [1.165, 1.54) is 67.7 Å². The molecular formula is C55H83N17O21. The Bertz CT molecular complexity index is 2890. The lowest BCUT2D eigenvalue weighted by molar-refractivity contribution is -0.197. The first-order chi connectivity index (χ1) is 44.6. The molecule has 38 heteroatoms. The van der Waals surface area contributed by atoms with Gasteiger partial charge in [0.2, 0.25) is 47.1 Å². The average molecular weight is 1320 g/mol. The maximum Gasteiger partial charge on any atom is 0.251 e. The number of nitrogens with two attached hydrogens (primary N) is 3. The van der Waals surface area contributed by atoms with Crippen LogP contribution in [0.1, 0.15) is 88.2 Å². The number of nitrogens with one attached hydrogen (secondary N) is 1. The molecule has 38 nitrogen and oxygen atoms in total. The number of carbonyl (C=O) groups excluding carboxylic acids is 9. The number of ether oxygens (including phenoxy) is 9. The number of guanidine groups is 1. The number of hydrogen-bond donors (Lipinski definition) is 4. The molecule has 0 aliphatic heterocycles. The van der Waals surface area contributed by atoms with Crippen LogP contribution in [-0.4, -0.2) is 231 Å². The number of ketones is 1. The number of primary amides is 1. The van der Waals surface area contributed by atoms with Crippen molar-refractivity contribution in [1.29, 1.82) is 0 Å². The molecule has 514 valence electrons. The third-order valence-corrected chi connectivity index (χ3v) is 12.1. The van der Waals surface area contributed by atoms with Crippen LogP contribution in [0, 0.1) is 5.92 Å². The van der Waals surface area contributed by atoms with Gasteiger partial charge in [0.05, 0.1) is 124 Å². The van der Waals surface area contributed by atoms with Gasteiger partial charge in [-0.05, 0) is 25.0 Å². The van der Waals surface area contributed by atoms with Crippen molar-refractivity contribution in [3.63, 3.8) is 0 Å². The summed E-state index contributed by atoms with van der Waals surface area (Å²) in [5.74, 6) is -6.08. The summed E-state index contributed by atoms with van der Waals surface area (Å²) in [4.78, 5) is 129. The fourth-order valence-electron chi connectivity index (χ4n) is 7.79. The van der Waals surface area contributed by atoms with Gasteiger partial charge in [0.1, 0.15) is 56.7 Å². The molecule has 0 saturated carbocycles. The van der Waals surface area contributed by atoms with Gasteiger partial charge in [-0.25, -0.2) is 14.0 Å². The highest BCUT2D eigenvalue weighted by atomic mass is 16.7. The largest absolute Gasteiger partial charge is 0.487 e. The predicted molar refractivity (Wildman–Crippen MR) is 316 cm³/mol. The molecule has 3 aromatic heterocycles. The standard InChI is InChI=1S/C55H83N17O21/c1-38(73)70(39(2)74)91-35-46-32-67(64-61-46)10-13-82-16-19-85-22-25-88-50-29-45(54(81)60-31-49(79)28-44(53(56)80)8-7-9-59-55(57)58)30-51(89-26-23-86-20-17-83-14-11-68-33-47(62-65-68)36-92-71(40(3)75)41(4)76)52(50)90-27-24-87-21-18-84-15-12-69-34-48(63-66-69)37-93-72(42(5)77)43(6)78/h29-30,32-34,44H,7-28,31,35-37H2,1-6H3,(H2,56,80)(H,60,81)(H4,57,58,59). The number of hydrogen-bond acceptors (Lipinski definition) is 28. The van der Waals surface area contributed by atoms with E-state index in [1.54, 1.807) is 18.6 Å². The molecular weight excluding hydrogens is 1230 g/mol. The summed E-state index contributed by atoms with van der Waals surface area (Å²) in [6.45, 7) is 9.22. The van der Waals surface area contributed by atoms with Gasteiger partial charge in [-0.2, -0.15) is 15.2 Å². The first-order valence-corrected chi connectivity index (χ1v) is 29.3. The molecule has 8 amide bonds. The van der Waals surface area contributed by atoms with Crippen molar-refractivity contribution in [2.24, 2.45) is 28.1 Å². The normalized spacial score (nSPS) is 11.4. The summed E-state index contributed by atoms with van der Waals surface area (Å²) in [6, 6.07) is 2.80. The summed E-state index contributed by atoms with van der Waals surface area (Å²) in [5.41, 5.74) is 17.5. The van der Waals surface area contributed by atoms with Gasteiger partial charge in [-0.1, -0.05) is 15.6 Å². The fourth-order valence-corrected chi connectivity index (χ4v) is 7.79. The Morgan fingerprint density at radius 2 is 0.839 bits per heavy atom. The van der Waals surface area contributed by atoms with Crippen LogP contribution in [0.5, 0.6) is 17.2 Å². The Balaban J connectivity index is 1.38. The second kappa shape index (κ2) is 42.9. The van der Waals surface area contributed by atoms with Crippen LogP contribution >= 0.6 is 0 Å². The van der Waals surface area contributed by atoms with Gasteiger partial charge >= 0.3 is 0 Å². The van der Waals surface area contributed by atoms with E-state index in [-0.39, 0.29) is 167 Å². The van der Waals surface area contributed by atoms with Gasteiger partial charge < -0.3 is 65.1 Å². The minimum atomic E-state index is -0.832. The van der Waals surface area contributed by atoms with Gasteiger partial charge in [0.25, 0.3) is 5.91 Å². The first kappa shape index (κ1) is 76.4. The monoisotopic (exact) mass is 1320 g/mol. The first-order valence-electron chi connectivity index (χ1n) is 29.3. The zero-order chi connectivity index (χ0) is 67.9. The Hall–Kier alpha value is -9.02. The maximum absolute atomic E-state index is 13.9. The topological polar surface area (TPSA) is 469 Å². The molecule has 0 aliphatic carbocycles. The van der Waals surface area contributed by atoms with Crippen LogP contribution in [-0.2, 0) is 121 Å². The minimum Gasteiger partial charge on any atom is -0.487 e. The van der Waals surface area contributed by atoms with Crippen molar-refractivity contribution >= 4 is 59.0 Å². The van der Waals surface area contributed by atoms with E-state index >= 15 is 0 Å². The molecule has 1 unspecified atom stereocenters. The number of benzene rings is 1. The van der Waals surface area contributed by atoms with E-state index in [2.05, 4.69) is 41.2 Å². The van der Waals surface area contributed by atoms with Crippen LogP contribution in [0.25, 0.3) is 0 Å². The van der Waals surface area contributed by atoms with Gasteiger partial charge in [0.15, 0.2) is 23.2 Å². The van der Waals surface area contributed by atoms with Crippen molar-refractivity contribution < 1.29 is 100 Å². The molecule has 7 N–H and O–H groups in total. The molecule has 0 fully saturated rings. The molecule has 1 atom stereocenters. The van der Waals surface area contributed by atoms with Crippen LogP contribution in [0.4, 0.5) is 0 Å². The molecule has 0 radical (unpaired) electrons. The molecule has 3 heterocycles. The highest BCUT2D eigenvalue weighted by molar-refractivity contribution is 5.98. The molecule has 0 bridgehead atoms. The lowest BCUT2D eigenvalue weighted by Crippen LogP contribution is -2.33. The van der Waals surface area contributed by atoms with E-state index in [4.69, 9.17) is 74.3 Å². The predicted octanol–water partition coefficient (Wildman–Crippen LogP) is -1.88. The number of amides is 8. The number of Topliss-reactive ketones (excluding diaryl/α,β-unsaturated/α-hetero) is 1. The summed E-state index contributed by atoms with van der Waals surface area (Å²) in [7, 11) is 0. The van der Waals surface area contributed by atoms with Crippen LogP contribution in [0.2, 0.25) is 0 Å². The Morgan fingerprint density at radius 1 is 0.495 bits per heavy atom. The highest BCUT2D eigenvalue weighted by Crippen LogP contribution is 2.39. The maximum atomic E-state index is 13.9. The third kappa shape index (κ3) is 30.8. The molecule has 4 aromatic rings. The zero-order valence-corrected chi connectivity index (χ0v) is 53.0. The number of aliphatic imine (C=N–C) groups is 1. The Morgan fingerprint density at radius 3 is 1.18 bits per heavy atom. The van der Waals surface area contributed by atoms with E-state index < -0.39 is 65.5 Å². The lowest BCUT2D eigenvalue weighted by Gasteiger charge is -2.19. The number of aromatic nitrogens is 9. The van der Waals surface area contributed by atoms with E-state index in [0.29, 0.717) is 58.3 Å². The second-order valence-corrected chi connectivity index (χ2v) is 19.7. The molecule has 0 saturated heterocycles. The van der Waals surface area contributed by atoms with Crippen molar-refractivity contribution in [2.45, 2.75) is 100 Å². The van der Waals surface area contributed by atoms with E-state index in [1.807, 2.05) is 0 Å². The summed E-state index contributed by atoms with van der Waals surface area (Å²) < 4.78 is 57.5. The van der Waals surface area contributed by atoms with Crippen molar-refractivity contribution in [1.82, 2.24) is 65.5 Å². The molecule has 1 aromatic carbocycles. The van der Waals surface area contributed by atoms with E-state index in [0.717, 1.165) is 0 Å². The highest BCUT2D eigenvalue weighted by Gasteiger charge is 2.24. The average Bonchev–Trinajstić information content (AvgIpc) is 1.73. The van der Waals surface area contributed by atoms with Crippen molar-refractivity contribution in [3.8, 4) is 17.2 Å². The Kier molecular flexibility index (Phi) is 35.3. The van der Waals surface area contributed by atoms with Gasteiger partial charge in [0, 0.05) is 66.0 Å². The summed E-state index contributed by atoms with van der Waals surface area (Å²) in [6.07, 6.45) is 5.12. The van der Waals surface area contributed by atoms with E-state index in [9.17, 15) is 43.2 Å². The smallest absolute Gasteiger partial charge is 0.251 e. The number of carbonyl (C=O) groups is 9. The van der Waals surface area contributed by atoms with Crippen molar-refractivity contribution in [3.05, 3.63) is 53.4 Å². The zero-order valence-electron chi connectivity index (χ0n) is 53.0.